The molecule has 5 nitrogen and oxygen atoms in total. The molecule has 5 heteroatoms. The van der Waals surface area contributed by atoms with Crippen LogP contribution in [0.2, 0.25) is 0 Å². The van der Waals surface area contributed by atoms with E-state index in [4.69, 9.17) is 9.84 Å². The van der Waals surface area contributed by atoms with E-state index >= 15 is 0 Å². The highest BCUT2D eigenvalue weighted by Gasteiger charge is 2.22. The van der Waals surface area contributed by atoms with E-state index in [2.05, 4.69) is 10.3 Å². The van der Waals surface area contributed by atoms with Gasteiger partial charge in [0.25, 0.3) is 0 Å². The zero-order valence-electron chi connectivity index (χ0n) is 12.1. The number of fused-ring (bicyclic) bond motifs is 1. The summed E-state index contributed by atoms with van der Waals surface area (Å²) in [5.74, 6) is 1.63. The molecule has 2 aromatic rings. The molecule has 0 saturated heterocycles. The van der Waals surface area contributed by atoms with Crippen LogP contribution in [-0.2, 0) is 6.42 Å². The number of hydrogen-bond acceptors (Lipinski definition) is 2. The molecule has 1 aromatic heterocycles. The van der Waals surface area contributed by atoms with Gasteiger partial charge in [0.2, 0.25) is 0 Å². The van der Waals surface area contributed by atoms with Gasteiger partial charge in [-0.25, -0.2) is 4.79 Å². The number of hydrogen-bond donors (Lipinski definition) is 3. The molecule has 0 bridgehead atoms. The fraction of sp³-hybridized carbons (Fsp3) is 0.438. The van der Waals surface area contributed by atoms with Crippen molar-refractivity contribution in [3.63, 3.8) is 0 Å². The van der Waals surface area contributed by atoms with Gasteiger partial charge in [-0.2, -0.15) is 0 Å². The minimum absolute atomic E-state index is 0.118. The molecule has 0 aliphatic heterocycles. The SMILES string of the molecule is CC(Cc1c[nH]c2cc(OCC3CC3)ccc12)NC(=O)O. The first-order valence-electron chi connectivity index (χ1n) is 7.34. The molecule has 1 unspecified atom stereocenters. The number of rotatable bonds is 6. The highest BCUT2D eigenvalue weighted by Crippen LogP contribution is 2.30. The van der Waals surface area contributed by atoms with Gasteiger partial charge in [0, 0.05) is 29.2 Å². The summed E-state index contributed by atoms with van der Waals surface area (Å²) in [6, 6.07) is 5.91. The van der Waals surface area contributed by atoms with Crippen LogP contribution in [0.1, 0.15) is 25.3 Å². The number of benzene rings is 1. The van der Waals surface area contributed by atoms with Crippen LogP contribution in [0.5, 0.6) is 5.75 Å². The molecule has 1 aromatic carbocycles. The summed E-state index contributed by atoms with van der Waals surface area (Å²) in [6.45, 7) is 2.67. The Balaban J connectivity index is 1.70. The monoisotopic (exact) mass is 288 g/mol. The van der Waals surface area contributed by atoms with Crippen LogP contribution >= 0.6 is 0 Å². The molecule has 1 atom stereocenters. The van der Waals surface area contributed by atoms with Crippen molar-refractivity contribution in [2.24, 2.45) is 5.92 Å². The van der Waals surface area contributed by atoms with Crippen molar-refractivity contribution in [1.82, 2.24) is 10.3 Å². The number of H-pyrrole nitrogens is 1. The van der Waals surface area contributed by atoms with Crippen LogP contribution in [0, 0.1) is 5.92 Å². The summed E-state index contributed by atoms with van der Waals surface area (Å²) < 4.78 is 5.77. The van der Waals surface area contributed by atoms with Crippen LogP contribution < -0.4 is 10.1 Å². The van der Waals surface area contributed by atoms with Crippen LogP contribution in [0.4, 0.5) is 4.79 Å². The van der Waals surface area contributed by atoms with Crippen LogP contribution in [-0.4, -0.2) is 28.8 Å². The molecule has 1 amide bonds. The molecule has 3 rings (SSSR count). The number of nitrogens with one attached hydrogen (secondary N) is 2. The van der Waals surface area contributed by atoms with Gasteiger partial charge in [-0.15, -0.1) is 0 Å². The van der Waals surface area contributed by atoms with E-state index in [1.807, 2.05) is 31.3 Å². The summed E-state index contributed by atoms with van der Waals surface area (Å²) in [4.78, 5) is 13.9. The average molecular weight is 288 g/mol. The minimum atomic E-state index is -0.988. The van der Waals surface area contributed by atoms with Gasteiger partial charge in [-0.1, -0.05) is 0 Å². The molecule has 0 radical (unpaired) electrons. The van der Waals surface area contributed by atoms with Gasteiger partial charge in [0.15, 0.2) is 0 Å². The van der Waals surface area contributed by atoms with Crippen LogP contribution in [0.15, 0.2) is 24.4 Å². The minimum Gasteiger partial charge on any atom is -0.493 e. The summed E-state index contributed by atoms with van der Waals surface area (Å²) in [7, 11) is 0. The van der Waals surface area contributed by atoms with Gasteiger partial charge in [0.05, 0.1) is 6.61 Å². The Hall–Kier alpha value is -2.17. The summed E-state index contributed by atoms with van der Waals surface area (Å²) in [6.07, 6.45) is 4.18. The maximum Gasteiger partial charge on any atom is 0.404 e. The summed E-state index contributed by atoms with van der Waals surface area (Å²) >= 11 is 0. The number of aromatic nitrogens is 1. The number of carbonyl (C=O) groups is 1. The zero-order chi connectivity index (χ0) is 14.8. The predicted octanol–water partition coefficient (Wildman–Crippen LogP) is 3.16. The zero-order valence-corrected chi connectivity index (χ0v) is 12.1. The van der Waals surface area contributed by atoms with E-state index in [-0.39, 0.29) is 6.04 Å². The van der Waals surface area contributed by atoms with E-state index in [0.717, 1.165) is 34.7 Å². The van der Waals surface area contributed by atoms with Crippen molar-refractivity contribution in [3.8, 4) is 5.75 Å². The second-order valence-corrected chi connectivity index (χ2v) is 5.83. The lowest BCUT2D eigenvalue weighted by molar-refractivity contribution is 0.190. The van der Waals surface area contributed by atoms with Gasteiger partial charge in [0.1, 0.15) is 5.75 Å². The quantitative estimate of drug-likeness (QED) is 0.764. The summed E-state index contributed by atoms with van der Waals surface area (Å²) in [5.41, 5.74) is 2.14. The standard InChI is InChI=1S/C16H20N2O3/c1-10(18-16(19)20)6-12-8-17-15-7-13(4-5-14(12)15)21-9-11-2-3-11/h4-5,7-8,10-11,17-18H,2-3,6,9H2,1H3,(H,19,20). The second kappa shape index (κ2) is 5.68. The maximum atomic E-state index is 10.6. The van der Waals surface area contributed by atoms with Gasteiger partial charge in [-0.3, -0.25) is 0 Å². The third kappa shape index (κ3) is 3.48. The lowest BCUT2D eigenvalue weighted by atomic mass is 10.1. The van der Waals surface area contributed by atoms with Crippen molar-refractivity contribution in [2.45, 2.75) is 32.2 Å². The first-order valence-corrected chi connectivity index (χ1v) is 7.34. The molecular formula is C16H20N2O3. The lowest BCUT2D eigenvalue weighted by Crippen LogP contribution is -2.32. The first-order chi connectivity index (χ1) is 10.1. The third-order valence-corrected chi connectivity index (χ3v) is 3.82. The Morgan fingerprint density at radius 3 is 3.05 bits per heavy atom. The Labute approximate surface area is 123 Å². The molecule has 0 spiro atoms. The number of ether oxygens (including phenoxy) is 1. The maximum absolute atomic E-state index is 10.6. The second-order valence-electron chi connectivity index (χ2n) is 5.83. The number of amides is 1. The van der Waals surface area contributed by atoms with E-state index in [9.17, 15) is 4.79 Å². The fourth-order valence-corrected chi connectivity index (χ4v) is 2.51. The van der Waals surface area contributed by atoms with Crippen molar-refractivity contribution < 1.29 is 14.6 Å². The topological polar surface area (TPSA) is 74.3 Å². The molecule has 1 heterocycles. The lowest BCUT2D eigenvalue weighted by Gasteiger charge is -2.10. The molecule has 3 N–H and O–H groups in total. The van der Waals surface area contributed by atoms with Gasteiger partial charge >= 0.3 is 6.09 Å². The molecule has 1 aliphatic rings. The first kappa shape index (κ1) is 13.8. The normalized spacial score (nSPS) is 15.9. The molecule has 112 valence electrons. The number of carboxylic acid groups (broad SMARTS) is 1. The van der Waals surface area contributed by atoms with Crippen molar-refractivity contribution in [2.75, 3.05) is 6.61 Å². The average Bonchev–Trinajstić information content (AvgIpc) is 3.18. The summed E-state index contributed by atoms with van der Waals surface area (Å²) in [5, 5.41) is 12.3. The smallest absolute Gasteiger partial charge is 0.404 e. The highest BCUT2D eigenvalue weighted by atomic mass is 16.5. The molecule has 1 aliphatic carbocycles. The van der Waals surface area contributed by atoms with Crippen molar-refractivity contribution >= 4 is 17.0 Å². The molecular weight excluding hydrogens is 268 g/mol. The van der Waals surface area contributed by atoms with Crippen molar-refractivity contribution in [3.05, 3.63) is 30.0 Å². The Morgan fingerprint density at radius 1 is 1.52 bits per heavy atom. The molecule has 21 heavy (non-hydrogen) atoms. The third-order valence-electron chi connectivity index (χ3n) is 3.82. The van der Waals surface area contributed by atoms with E-state index in [1.165, 1.54) is 12.8 Å². The van der Waals surface area contributed by atoms with Crippen LogP contribution in [0.25, 0.3) is 10.9 Å². The highest BCUT2D eigenvalue weighted by molar-refractivity contribution is 5.84. The van der Waals surface area contributed by atoms with E-state index in [0.29, 0.717) is 6.42 Å². The van der Waals surface area contributed by atoms with Crippen LogP contribution in [0.3, 0.4) is 0 Å². The fourth-order valence-electron chi connectivity index (χ4n) is 2.51. The van der Waals surface area contributed by atoms with Crippen molar-refractivity contribution in [1.29, 1.82) is 0 Å². The Kier molecular flexibility index (Phi) is 3.73. The molecule has 1 fully saturated rings. The Bertz CT molecular complexity index is 646. The number of aromatic amines is 1. The van der Waals surface area contributed by atoms with Gasteiger partial charge in [-0.05, 0) is 49.8 Å². The van der Waals surface area contributed by atoms with E-state index < -0.39 is 6.09 Å². The largest absolute Gasteiger partial charge is 0.493 e. The molecule has 1 saturated carbocycles. The Morgan fingerprint density at radius 2 is 2.33 bits per heavy atom. The van der Waals surface area contributed by atoms with E-state index in [1.54, 1.807) is 0 Å². The van der Waals surface area contributed by atoms with Gasteiger partial charge < -0.3 is 20.1 Å². The predicted molar refractivity (Wildman–Crippen MR) is 80.8 cm³/mol.